The second-order valence-electron chi connectivity index (χ2n) is 8.34. The van der Waals surface area contributed by atoms with E-state index in [1.54, 1.807) is 6.26 Å². The lowest BCUT2D eigenvalue weighted by molar-refractivity contribution is -0.143. The van der Waals surface area contributed by atoms with Crippen LogP contribution in [0.3, 0.4) is 0 Å². The maximum atomic E-state index is 12.9. The van der Waals surface area contributed by atoms with Gasteiger partial charge in [-0.3, -0.25) is 19.2 Å². The lowest BCUT2D eigenvalue weighted by atomic mass is 10.0. The molecule has 32 heavy (non-hydrogen) atoms. The molecule has 7 N–H and O–H groups in total. The average Bonchev–Trinajstić information content (AvgIpc) is 3.18. The van der Waals surface area contributed by atoms with Gasteiger partial charge in [0.15, 0.2) is 0 Å². The smallest absolute Gasteiger partial charge is 0.326 e. The van der Waals surface area contributed by atoms with Gasteiger partial charge in [0, 0.05) is 6.54 Å². The number of nitrogens with zero attached hydrogens (tertiary/aromatic N) is 1. The fourth-order valence-electron chi connectivity index (χ4n) is 3.57. The molecule has 0 spiro atoms. The van der Waals surface area contributed by atoms with Gasteiger partial charge in [-0.05, 0) is 43.6 Å². The number of hydrogen-bond acceptors (Lipinski definition) is 7. The van der Waals surface area contributed by atoms with Crippen molar-refractivity contribution in [2.45, 2.75) is 70.1 Å². The number of thioether (sulfide) groups is 1. The predicted molar refractivity (Wildman–Crippen MR) is 120 cm³/mol. The molecule has 1 saturated heterocycles. The van der Waals surface area contributed by atoms with Crippen molar-refractivity contribution in [3.05, 3.63) is 0 Å². The van der Waals surface area contributed by atoms with Crippen LogP contribution in [0.5, 0.6) is 0 Å². The lowest BCUT2D eigenvalue weighted by Crippen LogP contribution is -2.57. The van der Waals surface area contributed by atoms with Gasteiger partial charge in [-0.2, -0.15) is 11.8 Å². The number of hydrogen-bond donors (Lipinski definition) is 5. The molecule has 1 rings (SSSR count). The second kappa shape index (κ2) is 13.3. The monoisotopic (exact) mass is 473 g/mol. The third kappa shape index (κ3) is 8.65. The zero-order valence-corrected chi connectivity index (χ0v) is 19.7. The van der Waals surface area contributed by atoms with E-state index in [-0.39, 0.29) is 18.2 Å². The van der Waals surface area contributed by atoms with Crippen molar-refractivity contribution in [1.82, 2.24) is 15.5 Å². The minimum Gasteiger partial charge on any atom is -0.480 e. The van der Waals surface area contributed by atoms with Crippen molar-refractivity contribution in [3.8, 4) is 0 Å². The fraction of sp³-hybridized carbons (Fsp3) is 0.750. The second-order valence-corrected chi connectivity index (χ2v) is 9.32. The summed E-state index contributed by atoms with van der Waals surface area (Å²) in [6, 6.07) is -4.07. The molecule has 0 radical (unpaired) electrons. The molecule has 1 fully saturated rings. The van der Waals surface area contributed by atoms with Crippen LogP contribution in [0.4, 0.5) is 0 Å². The highest BCUT2D eigenvalue weighted by molar-refractivity contribution is 7.98. The number of rotatable bonds is 13. The number of nitrogens with two attached hydrogens (primary N) is 2. The maximum absolute atomic E-state index is 12.9. The number of aliphatic carboxylic acids is 1. The van der Waals surface area contributed by atoms with Gasteiger partial charge in [0.25, 0.3) is 0 Å². The summed E-state index contributed by atoms with van der Waals surface area (Å²) in [5.41, 5.74) is 11.2. The molecule has 4 atom stereocenters. The van der Waals surface area contributed by atoms with Gasteiger partial charge in [-0.1, -0.05) is 13.8 Å². The summed E-state index contributed by atoms with van der Waals surface area (Å²) in [5, 5.41) is 14.1. The Balaban J connectivity index is 2.90. The van der Waals surface area contributed by atoms with E-state index in [0.717, 1.165) is 0 Å². The van der Waals surface area contributed by atoms with Crippen LogP contribution in [0.2, 0.25) is 0 Å². The average molecular weight is 474 g/mol. The molecular weight excluding hydrogens is 438 g/mol. The van der Waals surface area contributed by atoms with Gasteiger partial charge in [0.1, 0.15) is 18.1 Å². The summed E-state index contributed by atoms with van der Waals surface area (Å²) in [5.74, 6) is -3.11. The van der Waals surface area contributed by atoms with Gasteiger partial charge in [0.05, 0.1) is 12.5 Å². The Morgan fingerprint density at radius 3 is 2.34 bits per heavy atom. The van der Waals surface area contributed by atoms with E-state index in [4.69, 9.17) is 11.5 Å². The van der Waals surface area contributed by atoms with E-state index in [9.17, 15) is 29.1 Å². The molecule has 1 heterocycles. The first kappa shape index (κ1) is 27.7. The van der Waals surface area contributed by atoms with Gasteiger partial charge < -0.3 is 32.1 Å². The third-order valence-corrected chi connectivity index (χ3v) is 5.79. The van der Waals surface area contributed by atoms with Crippen LogP contribution in [0.15, 0.2) is 0 Å². The third-order valence-electron chi connectivity index (χ3n) is 5.14. The Labute approximate surface area is 192 Å². The van der Waals surface area contributed by atoms with Gasteiger partial charge in [-0.25, -0.2) is 4.79 Å². The quantitative estimate of drug-likeness (QED) is 0.226. The number of carbonyl (C=O) groups excluding carboxylic acids is 4. The molecule has 0 aromatic carbocycles. The van der Waals surface area contributed by atoms with E-state index in [1.165, 1.54) is 16.7 Å². The van der Waals surface area contributed by atoms with Gasteiger partial charge in [0.2, 0.25) is 23.6 Å². The van der Waals surface area contributed by atoms with E-state index in [1.807, 2.05) is 13.8 Å². The molecule has 0 bridgehead atoms. The molecule has 0 aliphatic carbocycles. The topological polar surface area (TPSA) is 185 Å². The number of carbonyl (C=O) groups is 5. The van der Waals surface area contributed by atoms with Crippen LogP contribution in [0, 0.1) is 5.92 Å². The minimum absolute atomic E-state index is 0.179. The largest absolute Gasteiger partial charge is 0.480 e. The SMILES string of the molecule is CSCCC(NC(=O)C(CC(N)=O)NC(=O)C1CCCN1C(=O)C(N)CC(C)C)C(=O)O. The Morgan fingerprint density at radius 2 is 1.81 bits per heavy atom. The van der Waals surface area contributed by atoms with Crippen molar-refractivity contribution in [2.75, 3.05) is 18.6 Å². The zero-order chi connectivity index (χ0) is 24.4. The number of amides is 4. The highest BCUT2D eigenvalue weighted by Gasteiger charge is 2.38. The lowest BCUT2D eigenvalue weighted by Gasteiger charge is -2.28. The van der Waals surface area contributed by atoms with Crippen molar-refractivity contribution in [1.29, 1.82) is 0 Å². The fourth-order valence-corrected chi connectivity index (χ4v) is 4.04. The van der Waals surface area contributed by atoms with E-state index < -0.39 is 54.3 Å². The van der Waals surface area contributed by atoms with Crippen LogP contribution in [0.25, 0.3) is 0 Å². The Hall–Kier alpha value is -2.34. The molecule has 182 valence electrons. The molecule has 4 amide bonds. The van der Waals surface area contributed by atoms with Gasteiger partial charge in [-0.15, -0.1) is 0 Å². The maximum Gasteiger partial charge on any atom is 0.326 e. The molecule has 1 aliphatic rings. The van der Waals surface area contributed by atoms with Crippen molar-refractivity contribution >= 4 is 41.4 Å². The first-order chi connectivity index (χ1) is 15.0. The van der Waals surface area contributed by atoms with Crippen LogP contribution < -0.4 is 22.1 Å². The minimum atomic E-state index is -1.35. The summed E-state index contributed by atoms with van der Waals surface area (Å²) in [4.78, 5) is 62.5. The highest BCUT2D eigenvalue weighted by atomic mass is 32.2. The number of nitrogens with one attached hydrogen (secondary N) is 2. The predicted octanol–water partition coefficient (Wildman–Crippen LogP) is -0.966. The van der Waals surface area contributed by atoms with E-state index in [2.05, 4.69) is 10.6 Å². The van der Waals surface area contributed by atoms with Crippen LogP contribution in [-0.2, 0) is 24.0 Å². The standard InChI is InChI=1S/C20H35N5O6S/c1-11(2)9-12(21)19(29)25-7-4-5-15(25)18(28)24-14(10-16(22)26)17(27)23-13(20(30)31)6-8-32-3/h11-15H,4-10,21H2,1-3H3,(H2,22,26)(H,23,27)(H,24,28)(H,30,31). The number of carboxylic acids is 1. The first-order valence-corrected chi connectivity index (χ1v) is 12.0. The molecule has 0 aromatic rings. The van der Waals surface area contributed by atoms with Crippen LogP contribution in [-0.4, -0.2) is 82.3 Å². The molecule has 11 nitrogen and oxygen atoms in total. The molecule has 0 aromatic heterocycles. The summed E-state index contributed by atoms with van der Waals surface area (Å²) < 4.78 is 0. The van der Waals surface area contributed by atoms with Crippen LogP contribution in [0.1, 0.15) is 46.0 Å². The van der Waals surface area contributed by atoms with E-state index in [0.29, 0.717) is 31.6 Å². The Kier molecular flexibility index (Phi) is 11.5. The number of carboxylic acid groups (broad SMARTS) is 1. The molecule has 1 aliphatic heterocycles. The number of likely N-dealkylation sites (tertiary alicyclic amines) is 1. The first-order valence-electron chi connectivity index (χ1n) is 10.6. The van der Waals surface area contributed by atoms with Gasteiger partial charge >= 0.3 is 5.97 Å². The highest BCUT2D eigenvalue weighted by Crippen LogP contribution is 2.20. The van der Waals surface area contributed by atoms with Crippen molar-refractivity contribution < 1.29 is 29.1 Å². The molecule has 4 unspecified atom stereocenters. The summed E-state index contributed by atoms with van der Waals surface area (Å²) >= 11 is 1.42. The van der Waals surface area contributed by atoms with Crippen molar-refractivity contribution in [2.24, 2.45) is 17.4 Å². The van der Waals surface area contributed by atoms with Crippen LogP contribution >= 0.6 is 11.8 Å². The normalized spacial score (nSPS) is 18.7. The Bertz CT molecular complexity index is 704. The number of primary amides is 1. The molecule has 12 heteroatoms. The Morgan fingerprint density at radius 1 is 1.16 bits per heavy atom. The zero-order valence-electron chi connectivity index (χ0n) is 18.8. The van der Waals surface area contributed by atoms with E-state index >= 15 is 0 Å². The summed E-state index contributed by atoms with van der Waals surface area (Å²) in [6.07, 6.45) is 2.95. The summed E-state index contributed by atoms with van der Waals surface area (Å²) in [7, 11) is 0. The summed E-state index contributed by atoms with van der Waals surface area (Å²) in [6.45, 7) is 4.25. The molecular formula is C20H35N5O6S. The van der Waals surface area contributed by atoms with Crippen molar-refractivity contribution in [3.63, 3.8) is 0 Å². The molecule has 0 saturated carbocycles.